The van der Waals surface area contributed by atoms with Crippen LogP contribution < -0.4 is 11.1 Å². The molecule has 3 rings (SSSR count). The number of carbonyl (C=O) groups excluding carboxylic acids is 2. The number of halogens is 1. The van der Waals surface area contributed by atoms with Gasteiger partial charge in [-0.05, 0) is 45.4 Å². The van der Waals surface area contributed by atoms with E-state index in [0.717, 1.165) is 45.1 Å². The molecule has 2 saturated carbocycles. The number of fused-ring (bicyclic) bond motifs is 1. The van der Waals surface area contributed by atoms with Gasteiger partial charge in [-0.15, -0.1) is 12.4 Å². The van der Waals surface area contributed by atoms with E-state index < -0.39 is 5.54 Å². The van der Waals surface area contributed by atoms with Crippen LogP contribution in [0.5, 0.6) is 0 Å². The minimum atomic E-state index is -0.865. The second-order valence-electron chi connectivity index (χ2n) is 8.40. The van der Waals surface area contributed by atoms with Gasteiger partial charge in [0, 0.05) is 24.0 Å². The topological polar surface area (TPSA) is 90.7 Å². The monoisotopic (exact) mass is 388 g/mol. The molecule has 3 aliphatic rings. The first-order valence-corrected chi connectivity index (χ1v) is 9.70. The van der Waals surface area contributed by atoms with Gasteiger partial charge in [-0.3, -0.25) is 9.59 Å². The Morgan fingerprint density at radius 3 is 2.46 bits per heavy atom. The Balaban J connectivity index is 0.00000243. The van der Waals surface area contributed by atoms with Crippen LogP contribution in [0.25, 0.3) is 0 Å². The number of hydrogen-bond donors (Lipinski definition) is 2. The Hall–Kier alpha value is -0.850. The van der Waals surface area contributed by atoms with Crippen molar-refractivity contribution < 1.29 is 19.1 Å². The number of ether oxygens (including phenoxy) is 2. The third-order valence-corrected chi connectivity index (χ3v) is 6.74. The molecule has 0 spiro atoms. The fourth-order valence-electron chi connectivity index (χ4n) is 5.08. The van der Waals surface area contributed by atoms with Crippen LogP contribution in [0.4, 0.5) is 0 Å². The standard InChI is InChI=1S/C19H32N2O4.ClH/c1-4-24-16(22)12-7-9-13(10-8-12)21-17(23)19(20)14-6-5-11-25-15(14)18(19,2)3;/h12-15H,4-11,20H2,1-3H3,(H,21,23);1H. The molecule has 1 amide bonds. The molecule has 6 nitrogen and oxygen atoms in total. The molecule has 1 aliphatic heterocycles. The zero-order chi connectivity index (χ0) is 18.2. The molecule has 3 unspecified atom stereocenters. The van der Waals surface area contributed by atoms with E-state index in [-0.39, 0.29) is 53.7 Å². The van der Waals surface area contributed by atoms with Crippen molar-refractivity contribution in [3.63, 3.8) is 0 Å². The Bertz CT molecular complexity index is 534. The molecule has 26 heavy (non-hydrogen) atoms. The molecule has 3 fully saturated rings. The lowest BCUT2D eigenvalue weighted by Gasteiger charge is -2.65. The summed E-state index contributed by atoms with van der Waals surface area (Å²) in [6.45, 7) is 7.09. The van der Waals surface area contributed by atoms with Gasteiger partial charge in [0.25, 0.3) is 0 Å². The van der Waals surface area contributed by atoms with E-state index in [0.29, 0.717) is 6.61 Å². The van der Waals surface area contributed by atoms with Crippen LogP contribution in [0.2, 0.25) is 0 Å². The van der Waals surface area contributed by atoms with Crippen LogP contribution >= 0.6 is 12.4 Å². The molecule has 0 bridgehead atoms. The highest BCUT2D eigenvalue weighted by molar-refractivity contribution is 5.89. The molecule has 0 radical (unpaired) electrons. The van der Waals surface area contributed by atoms with E-state index in [9.17, 15) is 9.59 Å². The molecule has 0 aromatic heterocycles. The summed E-state index contributed by atoms with van der Waals surface area (Å²) in [7, 11) is 0. The van der Waals surface area contributed by atoms with Crippen LogP contribution in [0, 0.1) is 17.3 Å². The Kier molecular flexibility index (Phi) is 6.62. The summed E-state index contributed by atoms with van der Waals surface area (Å²) in [6, 6.07) is 0.0953. The van der Waals surface area contributed by atoms with Crippen molar-refractivity contribution in [1.29, 1.82) is 0 Å². The van der Waals surface area contributed by atoms with Gasteiger partial charge in [-0.25, -0.2) is 0 Å². The van der Waals surface area contributed by atoms with Gasteiger partial charge in [0.15, 0.2) is 0 Å². The number of amides is 1. The molecular formula is C19H33ClN2O4. The molecule has 1 saturated heterocycles. The summed E-state index contributed by atoms with van der Waals surface area (Å²) in [5.74, 6) is -0.0861. The minimum absolute atomic E-state index is 0. The van der Waals surface area contributed by atoms with Crippen molar-refractivity contribution in [1.82, 2.24) is 5.32 Å². The van der Waals surface area contributed by atoms with E-state index in [2.05, 4.69) is 5.32 Å². The summed E-state index contributed by atoms with van der Waals surface area (Å²) in [6.07, 6.45) is 5.13. The molecule has 2 aliphatic carbocycles. The number of nitrogens with one attached hydrogen (secondary N) is 1. The van der Waals surface area contributed by atoms with Crippen molar-refractivity contribution in [2.75, 3.05) is 13.2 Å². The molecule has 1 heterocycles. The van der Waals surface area contributed by atoms with Gasteiger partial charge < -0.3 is 20.5 Å². The van der Waals surface area contributed by atoms with Gasteiger partial charge in [0.2, 0.25) is 5.91 Å². The van der Waals surface area contributed by atoms with Crippen LogP contribution in [-0.2, 0) is 19.1 Å². The summed E-state index contributed by atoms with van der Waals surface area (Å²) in [5.41, 5.74) is 5.42. The van der Waals surface area contributed by atoms with Gasteiger partial charge in [-0.2, -0.15) is 0 Å². The molecule has 0 aromatic rings. The predicted octanol–water partition coefficient (Wildman–Crippen LogP) is 2.18. The molecule has 3 atom stereocenters. The van der Waals surface area contributed by atoms with Gasteiger partial charge >= 0.3 is 5.97 Å². The second-order valence-corrected chi connectivity index (χ2v) is 8.40. The smallest absolute Gasteiger partial charge is 0.308 e. The van der Waals surface area contributed by atoms with Crippen molar-refractivity contribution >= 4 is 24.3 Å². The van der Waals surface area contributed by atoms with Gasteiger partial charge in [-0.1, -0.05) is 13.8 Å². The number of carbonyl (C=O) groups is 2. The first kappa shape index (κ1) is 21.5. The summed E-state index contributed by atoms with van der Waals surface area (Å²) in [4.78, 5) is 24.9. The van der Waals surface area contributed by atoms with Gasteiger partial charge in [0.05, 0.1) is 18.6 Å². The molecule has 7 heteroatoms. The fraction of sp³-hybridized carbons (Fsp3) is 0.895. The van der Waals surface area contributed by atoms with Crippen LogP contribution in [0.3, 0.4) is 0 Å². The SMILES string of the molecule is CCOC(=O)C1CCC(NC(=O)C2(N)C3CCCOC3C2(C)C)CC1.Cl. The number of hydrogen-bond acceptors (Lipinski definition) is 5. The van der Waals surface area contributed by atoms with E-state index in [4.69, 9.17) is 15.2 Å². The Morgan fingerprint density at radius 1 is 1.19 bits per heavy atom. The lowest BCUT2D eigenvalue weighted by atomic mass is 9.46. The average Bonchev–Trinajstić information content (AvgIpc) is 2.61. The maximum absolute atomic E-state index is 13.0. The van der Waals surface area contributed by atoms with Crippen LogP contribution in [0.1, 0.15) is 59.3 Å². The largest absolute Gasteiger partial charge is 0.466 e. The van der Waals surface area contributed by atoms with Crippen LogP contribution in [0.15, 0.2) is 0 Å². The van der Waals surface area contributed by atoms with E-state index in [1.807, 2.05) is 20.8 Å². The molecular weight excluding hydrogens is 356 g/mol. The minimum Gasteiger partial charge on any atom is -0.466 e. The zero-order valence-corrected chi connectivity index (χ0v) is 16.9. The third kappa shape index (κ3) is 3.36. The molecule has 150 valence electrons. The zero-order valence-electron chi connectivity index (χ0n) is 16.1. The molecule has 3 N–H and O–H groups in total. The normalized spacial score (nSPS) is 38.2. The number of rotatable bonds is 4. The second kappa shape index (κ2) is 8.03. The summed E-state index contributed by atoms with van der Waals surface area (Å²) < 4.78 is 11.0. The highest BCUT2D eigenvalue weighted by Crippen LogP contribution is 2.57. The summed E-state index contributed by atoms with van der Waals surface area (Å²) >= 11 is 0. The highest BCUT2D eigenvalue weighted by atomic mass is 35.5. The first-order chi connectivity index (χ1) is 11.8. The Labute approximate surface area is 162 Å². The summed E-state index contributed by atoms with van der Waals surface area (Å²) in [5, 5.41) is 3.17. The third-order valence-electron chi connectivity index (χ3n) is 6.74. The van der Waals surface area contributed by atoms with Crippen molar-refractivity contribution in [3.05, 3.63) is 0 Å². The first-order valence-electron chi connectivity index (χ1n) is 9.70. The lowest BCUT2D eigenvalue weighted by molar-refractivity contribution is -0.225. The highest BCUT2D eigenvalue weighted by Gasteiger charge is 2.70. The maximum atomic E-state index is 13.0. The van der Waals surface area contributed by atoms with Crippen molar-refractivity contribution in [2.24, 2.45) is 23.0 Å². The van der Waals surface area contributed by atoms with E-state index >= 15 is 0 Å². The van der Waals surface area contributed by atoms with Crippen molar-refractivity contribution in [3.8, 4) is 0 Å². The average molecular weight is 389 g/mol. The maximum Gasteiger partial charge on any atom is 0.308 e. The van der Waals surface area contributed by atoms with E-state index in [1.165, 1.54) is 0 Å². The quantitative estimate of drug-likeness (QED) is 0.720. The lowest BCUT2D eigenvalue weighted by Crippen LogP contribution is -2.82. The van der Waals surface area contributed by atoms with Crippen LogP contribution in [-0.4, -0.2) is 42.8 Å². The fourth-order valence-corrected chi connectivity index (χ4v) is 5.08. The van der Waals surface area contributed by atoms with Crippen molar-refractivity contribution in [2.45, 2.75) is 77.0 Å². The van der Waals surface area contributed by atoms with Gasteiger partial charge in [0.1, 0.15) is 5.54 Å². The Morgan fingerprint density at radius 2 is 1.85 bits per heavy atom. The predicted molar refractivity (Wildman–Crippen MR) is 101 cm³/mol. The van der Waals surface area contributed by atoms with E-state index in [1.54, 1.807) is 0 Å². The molecule has 0 aromatic carbocycles. The number of esters is 1. The number of nitrogens with two attached hydrogens (primary N) is 1.